The van der Waals surface area contributed by atoms with Gasteiger partial charge in [0.25, 0.3) is 0 Å². The van der Waals surface area contributed by atoms with Crippen molar-refractivity contribution >= 4 is 33.4 Å². The second kappa shape index (κ2) is 15.4. The molecule has 46 heavy (non-hydrogen) atoms. The zero-order chi connectivity index (χ0) is 32.5. The van der Waals surface area contributed by atoms with E-state index in [-0.39, 0.29) is 35.7 Å². The Hall–Kier alpha value is -4.18. The number of benzene rings is 4. The number of hydrogen-bond acceptors (Lipinski definition) is 5. The van der Waals surface area contributed by atoms with Gasteiger partial charge in [-0.1, -0.05) is 78.3 Å². The molecule has 240 valence electrons. The molecule has 0 saturated heterocycles. The number of hydrogen-bond donors (Lipinski definition) is 2. The molecule has 0 aromatic heterocycles. The predicted molar refractivity (Wildman–Crippen MR) is 179 cm³/mol. The summed E-state index contributed by atoms with van der Waals surface area (Å²) in [4.78, 5) is 29.8. The van der Waals surface area contributed by atoms with Crippen LogP contribution in [0, 0.1) is 0 Å². The highest BCUT2D eigenvalue weighted by Crippen LogP contribution is 2.23. The van der Waals surface area contributed by atoms with Crippen LogP contribution in [0.5, 0.6) is 5.75 Å². The molecule has 1 fully saturated rings. The van der Waals surface area contributed by atoms with Gasteiger partial charge in [-0.3, -0.25) is 9.59 Å². The maximum atomic E-state index is 14.0. The highest BCUT2D eigenvalue weighted by Gasteiger charge is 2.31. The fourth-order valence-electron chi connectivity index (χ4n) is 5.11. The van der Waals surface area contributed by atoms with Crippen molar-refractivity contribution < 1.29 is 22.7 Å². The topological polar surface area (TPSA) is 105 Å². The van der Waals surface area contributed by atoms with Crippen molar-refractivity contribution in [1.82, 2.24) is 14.9 Å². The third-order valence-corrected chi connectivity index (χ3v) is 9.71. The maximum absolute atomic E-state index is 14.0. The van der Waals surface area contributed by atoms with Crippen molar-refractivity contribution in [3.05, 3.63) is 130 Å². The summed E-state index contributed by atoms with van der Waals surface area (Å²) in [6.45, 7) is 0.509. The second-order valence-electron chi connectivity index (χ2n) is 11.5. The summed E-state index contributed by atoms with van der Waals surface area (Å²) in [7, 11) is -1.96. The molecule has 4 aromatic carbocycles. The number of rotatable bonds is 15. The largest absolute Gasteiger partial charge is 0.497 e. The van der Waals surface area contributed by atoms with E-state index in [0.29, 0.717) is 24.4 Å². The Kier molecular flexibility index (Phi) is 11.1. The molecule has 0 radical (unpaired) electrons. The van der Waals surface area contributed by atoms with Crippen molar-refractivity contribution in [3.8, 4) is 5.75 Å². The lowest BCUT2D eigenvalue weighted by molar-refractivity contribution is -0.141. The van der Waals surface area contributed by atoms with Crippen molar-refractivity contribution in [3.63, 3.8) is 0 Å². The minimum Gasteiger partial charge on any atom is -0.497 e. The molecular formula is C36H38ClN3O5S. The lowest BCUT2D eigenvalue weighted by atomic mass is 10.0. The van der Waals surface area contributed by atoms with Crippen LogP contribution in [0.3, 0.4) is 0 Å². The molecule has 8 nitrogen and oxygen atoms in total. The van der Waals surface area contributed by atoms with E-state index in [1.807, 2.05) is 66.7 Å². The van der Waals surface area contributed by atoms with Gasteiger partial charge in [0.2, 0.25) is 21.8 Å². The molecule has 1 saturated carbocycles. The van der Waals surface area contributed by atoms with Gasteiger partial charge in [-0.25, -0.2) is 13.1 Å². The number of carbonyl (C=O) groups excluding carboxylic acids is 2. The minimum atomic E-state index is -3.56. The van der Waals surface area contributed by atoms with Gasteiger partial charge < -0.3 is 15.0 Å². The molecule has 5 rings (SSSR count). The quantitative estimate of drug-likeness (QED) is 0.171. The van der Waals surface area contributed by atoms with E-state index < -0.39 is 16.1 Å². The van der Waals surface area contributed by atoms with Crippen LogP contribution in [0.25, 0.3) is 0 Å². The molecule has 0 spiro atoms. The first-order valence-corrected chi connectivity index (χ1v) is 17.2. The van der Waals surface area contributed by atoms with Crippen LogP contribution < -0.4 is 14.8 Å². The third-order valence-electron chi connectivity index (χ3n) is 7.92. The summed E-state index contributed by atoms with van der Waals surface area (Å²) in [6, 6.07) is 30.2. The average Bonchev–Trinajstić information content (AvgIpc) is 3.89. The number of amides is 2. The SMILES string of the molecule is COc1ccc(CNC(=O)[C@@H](Cc2ccccc2)N(Cc2ccc(Cl)cc2)C(=O)CCc2ccc(S(=O)(=O)NC3CC3)cc2)cc1. The molecule has 0 unspecified atom stereocenters. The number of methoxy groups -OCH3 is 1. The van der Waals surface area contributed by atoms with Crippen LogP contribution >= 0.6 is 11.6 Å². The Morgan fingerprint density at radius 2 is 1.48 bits per heavy atom. The molecule has 0 aliphatic heterocycles. The summed E-state index contributed by atoms with van der Waals surface area (Å²) < 4.78 is 33.1. The van der Waals surface area contributed by atoms with Gasteiger partial charge in [-0.15, -0.1) is 0 Å². The monoisotopic (exact) mass is 659 g/mol. The summed E-state index contributed by atoms with van der Waals surface area (Å²) >= 11 is 6.14. The lowest BCUT2D eigenvalue weighted by Gasteiger charge is -2.32. The number of carbonyl (C=O) groups is 2. The van der Waals surface area contributed by atoms with E-state index in [2.05, 4.69) is 10.0 Å². The highest BCUT2D eigenvalue weighted by atomic mass is 35.5. The van der Waals surface area contributed by atoms with Crippen molar-refractivity contribution in [2.45, 2.75) is 62.2 Å². The molecule has 1 aliphatic carbocycles. The third kappa shape index (κ3) is 9.42. The Labute approximate surface area is 275 Å². The van der Waals surface area contributed by atoms with Gasteiger partial charge >= 0.3 is 0 Å². The number of halogens is 1. The fourth-order valence-corrected chi connectivity index (χ4v) is 6.54. The van der Waals surface area contributed by atoms with E-state index in [1.165, 1.54) is 0 Å². The number of sulfonamides is 1. The molecule has 2 N–H and O–H groups in total. The molecular weight excluding hydrogens is 622 g/mol. The fraction of sp³-hybridized carbons (Fsp3) is 0.278. The van der Waals surface area contributed by atoms with Crippen LogP contribution in [0.15, 0.2) is 108 Å². The maximum Gasteiger partial charge on any atom is 0.243 e. The Morgan fingerprint density at radius 1 is 0.848 bits per heavy atom. The summed E-state index contributed by atoms with van der Waals surface area (Å²) in [5.41, 5.74) is 3.50. The van der Waals surface area contributed by atoms with Crippen molar-refractivity contribution in [2.75, 3.05) is 7.11 Å². The standard InChI is InChI=1S/C36H38ClN3O5S/c1-45-32-18-9-28(10-19-32)24-38-36(42)34(23-27-5-3-2-4-6-27)40(25-29-7-14-30(37)15-8-29)35(41)22-13-26-11-20-33(21-12-26)46(43,44)39-31-16-17-31/h2-12,14-15,18-21,31,34,39H,13,16-17,22-25H2,1H3,(H,38,42)/t34-/m1/s1. The normalized spacial score (nSPS) is 13.5. The van der Waals surface area contributed by atoms with E-state index >= 15 is 0 Å². The average molecular weight is 660 g/mol. The predicted octanol–water partition coefficient (Wildman–Crippen LogP) is 5.68. The first-order valence-electron chi connectivity index (χ1n) is 15.3. The number of nitrogens with zero attached hydrogens (tertiary/aromatic N) is 1. The number of aryl methyl sites for hydroxylation is 1. The zero-order valence-corrected chi connectivity index (χ0v) is 27.3. The molecule has 1 aliphatic rings. The van der Waals surface area contributed by atoms with Crippen LogP contribution in [0.4, 0.5) is 0 Å². The first-order chi connectivity index (χ1) is 22.2. The van der Waals surface area contributed by atoms with Gasteiger partial charge in [0, 0.05) is 37.0 Å². The minimum absolute atomic E-state index is 0.0196. The molecule has 4 aromatic rings. The Balaban J connectivity index is 1.35. The first kappa shape index (κ1) is 33.2. The molecule has 2 amide bonds. The molecule has 0 bridgehead atoms. The van der Waals surface area contributed by atoms with Gasteiger partial charge in [0.15, 0.2) is 0 Å². The van der Waals surface area contributed by atoms with Crippen molar-refractivity contribution in [1.29, 1.82) is 0 Å². The van der Waals surface area contributed by atoms with Crippen LogP contribution in [-0.2, 0) is 45.5 Å². The van der Waals surface area contributed by atoms with Crippen molar-refractivity contribution in [2.24, 2.45) is 0 Å². The van der Waals surface area contributed by atoms with Gasteiger partial charge in [-0.05, 0) is 77.9 Å². The Bertz CT molecular complexity index is 1710. The summed E-state index contributed by atoms with van der Waals surface area (Å²) in [5.74, 6) is 0.269. The highest BCUT2D eigenvalue weighted by molar-refractivity contribution is 7.89. The molecule has 1 atom stereocenters. The van der Waals surface area contributed by atoms with E-state index in [0.717, 1.165) is 40.8 Å². The summed E-state index contributed by atoms with van der Waals surface area (Å²) in [5, 5.41) is 3.62. The van der Waals surface area contributed by atoms with Gasteiger partial charge in [0.05, 0.1) is 12.0 Å². The molecule has 10 heteroatoms. The lowest BCUT2D eigenvalue weighted by Crippen LogP contribution is -2.50. The smallest absolute Gasteiger partial charge is 0.243 e. The molecule has 0 heterocycles. The van der Waals surface area contributed by atoms with Crippen LogP contribution in [-0.4, -0.2) is 44.3 Å². The Morgan fingerprint density at radius 3 is 2.11 bits per heavy atom. The van der Waals surface area contributed by atoms with E-state index in [9.17, 15) is 18.0 Å². The van der Waals surface area contributed by atoms with Gasteiger partial charge in [-0.2, -0.15) is 0 Å². The van der Waals surface area contributed by atoms with E-state index in [1.54, 1.807) is 48.4 Å². The van der Waals surface area contributed by atoms with Gasteiger partial charge in [0.1, 0.15) is 11.8 Å². The van der Waals surface area contributed by atoms with Crippen LogP contribution in [0.1, 0.15) is 41.5 Å². The number of ether oxygens (including phenoxy) is 1. The second-order valence-corrected chi connectivity index (χ2v) is 13.6. The van der Waals surface area contributed by atoms with E-state index in [4.69, 9.17) is 16.3 Å². The van der Waals surface area contributed by atoms with Crippen LogP contribution in [0.2, 0.25) is 5.02 Å². The zero-order valence-electron chi connectivity index (χ0n) is 25.7. The summed E-state index contributed by atoms with van der Waals surface area (Å²) in [6.07, 6.45) is 2.57. The number of nitrogens with one attached hydrogen (secondary N) is 2.